The normalized spacial score (nSPS) is 19.3. The van der Waals surface area contributed by atoms with Crippen LogP contribution in [0.5, 0.6) is 5.75 Å². The molecule has 0 unspecified atom stereocenters. The average molecular weight is 467 g/mol. The summed E-state index contributed by atoms with van der Waals surface area (Å²) in [6, 6.07) is 14.3. The summed E-state index contributed by atoms with van der Waals surface area (Å²) in [5.41, 5.74) is 3.28. The van der Waals surface area contributed by atoms with Gasteiger partial charge in [0.1, 0.15) is 11.8 Å². The SMILES string of the molecule is CC1(C)CC(=O)C2=C(C1)Nc1nc(SCc3ccccc3Cl)nn1[C@H]2c1cccc(O)c1. The number of Topliss-reactive ketones (excluding diaryl/α,β-unsaturated/α-hetero) is 1. The second-order valence-corrected chi connectivity index (χ2v) is 10.3. The first-order valence-corrected chi connectivity index (χ1v) is 11.8. The van der Waals surface area contributed by atoms with E-state index in [4.69, 9.17) is 21.7 Å². The number of carbonyl (C=O) groups is 1. The fourth-order valence-corrected chi connectivity index (χ4v) is 5.53. The minimum atomic E-state index is -0.431. The average Bonchev–Trinajstić information content (AvgIpc) is 3.13. The molecule has 2 aromatic carbocycles. The molecular formula is C24H23ClN4O2S. The van der Waals surface area contributed by atoms with Gasteiger partial charge in [-0.15, -0.1) is 5.10 Å². The molecule has 1 aromatic heterocycles. The Morgan fingerprint density at radius 2 is 2.03 bits per heavy atom. The second kappa shape index (κ2) is 7.98. The van der Waals surface area contributed by atoms with Gasteiger partial charge in [-0.2, -0.15) is 4.98 Å². The number of aromatic hydroxyl groups is 1. The number of thioether (sulfide) groups is 1. The van der Waals surface area contributed by atoms with E-state index in [1.165, 1.54) is 11.8 Å². The van der Waals surface area contributed by atoms with Crippen LogP contribution in [-0.4, -0.2) is 25.7 Å². The molecule has 0 radical (unpaired) electrons. The van der Waals surface area contributed by atoms with Crippen LogP contribution in [0.1, 0.15) is 43.9 Å². The number of carbonyl (C=O) groups excluding carboxylic acids is 1. The number of anilines is 1. The van der Waals surface area contributed by atoms with Crippen molar-refractivity contribution in [2.45, 2.75) is 43.6 Å². The van der Waals surface area contributed by atoms with Crippen molar-refractivity contribution in [3.05, 3.63) is 76.0 Å². The fraction of sp³-hybridized carbons (Fsp3) is 0.292. The van der Waals surface area contributed by atoms with Crippen molar-refractivity contribution in [2.75, 3.05) is 5.32 Å². The van der Waals surface area contributed by atoms with Gasteiger partial charge in [-0.05, 0) is 41.2 Å². The van der Waals surface area contributed by atoms with Crippen LogP contribution in [0, 0.1) is 5.41 Å². The molecule has 0 saturated heterocycles. The lowest BCUT2D eigenvalue weighted by Crippen LogP contribution is -2.36. The number of nitrogens with one attached hydrogen (secondary N) is 1. The number of phenolic OH excluding ortho intramolecular Hbond substituents is 1. The van der Waals surface area contributed by atoms with E-state index < -0.39 is 6.04 Å². The summed E-state index contributed by atoms with van der Waals surface area (Å²) >= 11 is 7.79. The number of phenols is 1. The van der Waals surface area contributed by atoms with Gasteiger partial charge in [0.15, 0.2) is 5.78 Å². The molecule has 0 saturated carbocycles. The van der Waals surface area contributed by atoms with Gasteiger partial charge in [0.05, 0.1) is 0 Å². The number of allylic oxidation sites excluding steroid dienone is 2. The number of ketones is 1. The van der Waals surface area contributed by atoms with Crippen molar-refractivity contribution < 1.29 is 9.90 Å². The first-order chi connectivity index (χ1) is 15.3. The number of halogens is 1. The number of rotatable bonds is 4. The summed E-state index contributed by atoms with van der Waals surface area (Å²) < 4.78 is 1.76. The zero-order chi connectivity index (χ0) is 22.5. The Labute approximate surface area is 195 Å². The maximum absolute atomic E-state index is 13.2. The summed E-state index contributed by atoms with van der Waals surface area (Å²) in [6.45, 7) is 4.20. The lowest BCUT2D eigenvalue weighted by Gasteiger charge is -2.38. The minimum Gasteiger partial charge on any atom is -0.508 e. The number of nitrogens with zero attached hydrogens (tertiary/aromatic N) is 3. The summed E-state index contributed by atoms with van der Waals surface area (Å²) in [5, 5.41) is 19.5. The van der Waals surface area contributed by atoms with Gasteiger partial charge in [-0.25, -0.2) is 4.68 Å². The summed E-state index contributed by atoms with van der Waals surface area (Å²) in [5.74, 6) is 1.49. The van der Waals surface area contributed by atoms with Crippen molar-refractivity contribution in [1.82, 2.24) is 14.8 Å². The van der Waals surface area contributed by atoms with Gasteiger partial charge in [-0.1, -0.05) is 67.5 Å². The Hall–Kier alpha value is -2.77. The first kappa shape index (κ1) is 21.1. The van der Waals surface area contributed by atoms with E-state index in [0.29, 0.717) is 33.9 Å². The van der Waals surface area contributed by atoms with E-state index in [9.17, 15) is 9.90 Å². The van der Waals surface area contributed by atoms with Gasteiger partial charge in [0.25, 0.3) is 0 Å². The molecule has 1 atom stereocenters. The van der Waals surface area contributed by atoms with Crippen molar-refractivity contribution in [2.24, 2.45) is 5.41 Å². The summed E-state index contributed by atoms with van der Waals surface area (Å²) in [7, 11) is 0. The third kappa shape index (κ3) is 3.91. The van der Waals surface area contributed by atoms with Crippen molar-refractivity contribution in [3.63, 3.8) is 0 Å². The van der Waals surface area contributed by atoms with Crippen molar-refractivity contribution >= 4 is 35.1 Å². The summed E-state index contributed by atoms with van der Waals surface area (Å²) in [6.07, 6.45) is 1.22. The molecule has 0 spiro atoms. The molecule has 2 N–H and O–H groups in total. The molecular weight excluding hydrogens is 444 g/mol. The minimum absolute atomic E-state index is 0.100. The van der Waals surface area contributed by atoms with E-state index in [1.54, 1.807) is 22.9 Å². The molecule has 5 rings (SSSR count). The Balaban J connectivity index is 1.54. The molecule has 2 aliphatic rings. The van der Waals surface area contributed by atoms with Crippen LogP contribution in [0.2, 0.25) is 5.02 Å². The van der Waals surface area contributed by atoms with Crippen LogP contribution < -0.4 is 5.32 Å². The molecule has 0 fully saturated rings. The predicted molar refractivity (Wildman–Crippen MR) is 126 cm³/mol. The van der Waals surface area contributed by atoms with Gasteiger partial charge < -0.3 is 10.4 Å². The third-order valence-electron chi connectivity index (χ3n) is 5.81. The first-order valence-electron chi connectivity index (χ1n) is 10.5. The molecule has 32 heavy (non-hydrogen) atoms. The monoisotopic (exact) mass is 466 g/mol. The van der Waals surface area contributed by atoms with Gasteiger partial charge in [-0.3, -0.25) is 4.79 Å². The van der Waals surface area contributed by atoms with Crippen LogP contribution >= 0.6 is 23.4 Å². The van der Waals surface area contributed by atoms with Crippen LogP contribution in [0.3, 0.4) is 0 Å². The Morgan fingerprint density at radius 3 is 2.81 bits per heavy atom. The molecule has 164 valence electrons. The van der Waals surface area contributed by atoms with Crippen LogP contribution in [-0.2, 0) is 10.5 Å². The molecule has 2 heterocycles. The molecule has 0 bridgehead atoms. The molecule has 1 aliphatic heterocycles. The molecule has 8 heteroatoms. The van der Waals surface area contributed by atoms with Gasteiger partial charge in [0, 0.05) is 28.5 Å². The number of benzene rings is 2. The van der Waals surface area contributed by atoms with E-state index >= 15 is 0 Å². The van der Waals surface area contributed by atoms with Crippen LogP contribution in [0.15, 0.2) is 65.0 Å². The van der Waals surface area contributed by atoms with Crippen LogP contribution in [0.25, 0.3) is 0 Å². The third-order valence-corrected chi connectivity index (χ3v) is 7.07. The molecule has 0 amide bonds. The number of hydrogen-bond acceptors (Lipinski definition) is 6. The number of fused-ring (bicyclic) bond motifs is 1. The Bertz CT molecular complexity index is 1250. The van der Waals surface area contributed by atoms with Crippen molar-refractivity contribution in [3.8, 4) is 5.75 Å². The van der Waals surface area contributed by atoms with E-state index in [0.717, 1.165) is 23.2 Å². The van der Waals surface area contributed by atoms with E-state index in [1.807, 2.05) is 30.3 Å². The molecule has 3 aromatic rings. The fourth-order valence-electron chi connectivity index (χ4n) is 4.41. The molecule has 6 nitrogen and oxygen atoms in total. The Kier molecular flexibility index (Phi) is 5.26. The highest BCUT2D eigenvalue weighted by Gasteiger charge is 2.41. The second-order valence-electron chi connectivity index (χ2n) is 9.00. The Morgan fingerprint density at radius 1 is 1.22 bits per heavy atom. The quantitative estimate of drug-likeness (QED) is 0.488. The maximum atomic E-state index is 13.2. The summed E-state index contributed by atoms with van der Waals surface area (Å²) in [4.78, 5) is 17.9. The van der Waals surface area contributed by atoms with E-state index in [-0.39, 0.29) is 16.9 Å². The molecule has 1 aliphatic carbocycles. The van der Waals surface area contributed by atoms with E-state index in [2.05, 4.69) is 19.2 Å². The van der Waals surface area contributed by atoms with Crippen LogP contribution in [0.4, 0.5) is 5.95 Å². The highest BCUT2D eigenvalue weighted by molar-refractivity contribution is 7.98. The number of hydrogen-bond donors (Lipinski definition) is 2. The van der Waals surface area contributed by atoms with Crippen molar-refractivity contribution in [1.29, 1.82) is 0 Å². The van der Waals surface area contributed by atoms with Gasteiger partial charge >= 0.3 is 0 Å². The zero-order valence-electron chi connectivity index (χ0n) is 17.8. The lowest BCUT2D eigenvalue weighted by atomic mass is 9.73. The zero-order valence-corrected chi connectivity index (χ0v) is 19.4. The topological polar surface area (TPSA) is 80.0 Å². The smallest absolute Gasteiger partial charge is 0.227 e. The highest BCUT2D eigenvalue weighted by Crippen LogP contribution is 2.46. The largest absolute Gasteiger partial charge is 0.508 e. The maximum Gasteiger partial charge on any atom is 0.227 e. The standard InChI is InChI=1S/C24H23ClN4O2S/c1-24(2)11-18-20(19(31)12-24)21(14-7-5-8-16(30)10-14)29-22(26-18)27-23(28-29)32-13-15-6-3-4-9-17(15)25/h3-10,21,30H,11-13H2,1-2H3,(H,26,27,28)/t21-/m0/s1. The number of aromatic nitrogens is 3. The van der Waals surface area contributed by atoms with Gasteiger partial charge in [0.2, 0.25) is 11.1 Å². The highest BCUT2D eigenvalue weighted by atomic mass is 35.5. The predicted octanol–water partition coefficient (Wildman–Crippen LogP) is 5.59. The lowest BCUT2D eigenvalue weighted by molar-refractivity contribution is -0.118.